The Kier molecular flexibility index (Phi) is 1.64. The average molecular weight is 223 g/mol. The summed E-state index contributed by atoms with van der Waals surface area (Å²) in [6.07, 6.45) is 4.21. The third-order valence-corrected chi connectivity index (χ3v) is 4.86. The van der Waals surface area contributed by atoms with Crippen LogP contribution in [-0.2, 0) is 4.79 Å². The van der Waals surface area contributed by atoms with Gasteiger partial charge >= 0.3 is 5.97 Å². The lowest BCUT2D eigenvalue weighted by molar-refractivity contribution is -0.225. The molecule has 4 bridgehead atoms. The maximum atomic E-state index is 11.5. The molecule has 0 aliphatic heterocycles. The molecular weight excluding hydrogens is 204 g/mol. The fourth-order valence-electron chi connectivity index (χ4n) is 5.54. The minimum Gasteiger partial charge on any atom is -0.481 e. The first-order chi connectivity index (χ1) is 7.19. The molecule has 0 aromatic heterocycles. The van der Waals surface area contributed by atoms with E-state index in [1.54, 1.807) is 0 Å². The first-order valence-electron chi connectivity index (χ1n) is 6.00. The highest BCUT2D eigenvalue weighted by Crippen LogP contribution is 2.70. The van der Waals surface area contributed by atoms with E-state index in [9.17, 15) is 15.0 Å². The van der Waals surface area contributed by atoms with Gasteiger partial charge in [-0.1, -0.05) is 6.92 Å². The minimum atomic E-state index is -0.774. The highest BCUT2D eigenvalue weighted by atomic mass is 16.4. The Morgan fingerprint density at radius 2 is 1.81 bits per heavy atom. The van der Waals surface area contributed by atoms with Gasteiger partial charge < -0.3 is 10.2 Å². The van der Waals surface area contributed by atoms with Crippen LogP contribution in [0.5, 0.6) is 0 Å². The second-order valence-corrected chi connectivity index (χ2v) is 7.18. The fraction of sp³-hybridized carbons (Fsp3) is 0.846. The number of aliphatic hydroxyl groups is 1. The van der Waals surface area contributed by atoms with Crippen LogP contribution >= 0.6 is 0 Å². The molecule has 2 N–H and O–H groups in total. The first kappa shape index (κ1) is 10.6. The van der Waals surface area contributed by atoms with E-state index in [1.807, 2.05) is 0 Å². The van der Waals surface area contributed by atoms with Crippen molar-refractivity contribution in [2.75, 3.05) is 0 Å². The molecular formula is C13H19O3. The molecule has 3 nitrogen and oxygen atoms in total. The van der Waals surface area contributed by atoms with Crippen molar-refractivity contribution in [3.63, 3.8) is 0 Å². The van der Waals surface area contributed by atoms with Crippen LogP contribution < -0.4 is 0 Å². The normalized spacial score (nSPS) is 58.9. The second kappa shape index (κ2) is 2.47. The maximum absolute atomic E-state index is 11.5. The number of carboxylic acid groups (broad SMARTS) is 1. The van der Waals surface area contributed by atoms with Crippen molar-refractivity contribution < 1.29 is 15.0 Å². The van der Waals surface area contributed by atoms with Crippen LogP contribution in [0.2, 0.25) is 0 Å². The number of rotatable bonds is 1. The molecule has 89 valence electrons. The van der Waals surface area contributed by atoms with E-state index in [-0.39, 0.29) is 10.8 Å². The molecule has 0 spiro atoms. The van der Waals surface area contributed by atoms with Crippen LogP contribution in [0.4, 0.5) is 0 Å². The highest BCUT2D eigenvalue weighted by molar-refractivity contribution is 5.76. The Balaban J connectivity index is 2.11. The lowest BCUT2D eigenvalue weighted by atomic mass is 9.39. The summed E-state index contributed by atoms with van der Waals surface area (Å²) in [5.41, 5.74) is -1.72. The summed E-state index contributed by atoms with van der Waals surface area (Å²) in [5, 5.41) is 20.0. The molecule has 0 aromatic carbocycles. The summed E-state index contributed by atoms with van der Waals surface area (Å²) in [6.45, 7) is 6.34. The molecule has 4 aliphatic rings. The standard InChI is InChI=1S/C13H19O3/c1-10-3-11(2)5-12(4-10,9(14)15)8-13(16,6-10)7-11/h16H,1,3-8H2,2H3,(H,14,15). The van der Waals surface area contributed by atoms with Gasteiger partial charge in [0.2, 0.25) is 0 Å². The molecule has 0 saturated heterocycles. The third-order valence-electron chi connectivity index (χ3n) is 4.86. The molecule has 4 unspecified atom stereocenters. The van der Waals surface area contributed by atoms with Crippen molar-refractivity contribution in [3.8, 4) is 0 Å². The van der Waals surface area contributed by atoms with Crippen LogP contribution in [-0.4, -0.2) is 21.8 Å². The lowest BCUT2D eigenvalue weighted by Crippen LogP contribution is -2.64. The quantitative estimate of drug-likeness (QED) is 0.714. The van der Waals surface area contributed by atoms with E-state index in [0.717, 1.165) is 19.3 Å². The fourth-order valence-corrected chi connectivity index (χ4v) is 5.54. The summed E-state index contributed by atoms with van der Waals surface area (Å²) >= 11 is 0. The molecule has 1 radical (unpaired) electrons. The molecule has 4 aliphatic carbocycles. The van der Waals surface area contributed by atoms with Gasteiger partial charge in [0.05, 0.1) is 11.0 Å². The molecule has 4 atom stereocenters. The zero-order valence-electron chi connectivity index (χ0n) is 9.75. The maximum Gasteiger partial charge on any atom is 0.309 e. The zero-order valence-corrected chi connectivity index (χ0v) is 9.75. The van der Waals surface area contributed by atoms with Gasteiger partial charge in [-0.15, -0.1) is 0 Å². The smallest absolute Gasteiger partial charge is 0.309 e. The highest BCUT2D eigenvalue weighted by Gasteiger charge is 2.67. The Bertz CT molecular complexity index is 320. The van der Waals surface area contributed by atoms with E-state index in [4.69, 9.17) is 0 Å². The largest absolute Gasteiger partial charge is 0.481 e. The predicted molar refractivity (Wildman–Crippen MR) is 58.6 cm³/mol. The summed E-state index contributed by atoms with van der Waals surface area (Å²) in [4.78, 5) is 11.5. The Labute approximate surface area is 95.9 Å². The van der Waals surface area contributed by atoms with Crippen molar-refractivity contribution in [2.45, 2.75) is 51.0 Å². The second-order valence-electron chi connectivity index (χ2n) is 7.18. The van der Waals surface area contributed by atoms with Crippen molar-refractivity contribution in [3.05, 3.63) is 6.92 Å². The van der Waals surface area contributed by atoms with Crippen LogP contribution in [0.25, 0.3) is 0 Å². The van der Waals surface area contributed by atoms with Gasteiger partial charge in [-0.3, -0.25) is 4.79 Å². The van der Waals surface area contributed by atoms with Crippen LogP contribution in [0, 0.1) is 23.2 Å². The monoisotopic (exact) mass is 223 g/mol. The Morgan fingerprint density at radius 1 is 1.12 bits per heavy atom. The van der Waals surface area contributed by atoms with Gasteiger partial charge in [0.15, 0.2) is 0 Å². The van der Waals surface area contributed by atoms with Crippen LogP contribution in [0.3, 0.4) is 0 Å². The summed E-state index contributed by atoms with van der Waals surface area (Å²) < 4.78 is 0. The number of hydrogen-bond donors (Lipinski definition) is 2. The topological polar surface area (TPSA) is 57.5 Å². The van der Waals surface area contributed by atoms with Gasteiger partial charge in [0.1, 0.15) is 0 Å². The van der Waals surface area contributed by atoms with Crippen molar-refractivity contribution >= 4 is 5.97 Å². The zero-order chi connectivity index (χ0) is 11.8. The molecule has 0 amide bonds. The van der Waals surface area contributed by atoms with Crippen LogP contribution in [0.15, 0.2) is 0 Å². The van der Waals surface area contributed by atoms with Crippen LogP contribution in [0.1, 0.15) is 45.4 Å². The van der Waals surface area contributed by atoms with E-state index in [2.05, 4.69) is 13.8 Å². The van der Waals surface area contributed by atoms with Crippen molar-refractivity contribution in [1.29, 1.82) is 0 Å². The number of carbonyl (C=O) groups is 1. The van der Waals surface area contributed by atoms with Crippen molar-refractivity contribution in [2.24, 2.45) is 16.2 Å². The SMILES string of the molecule is [CH2]C12CC3(C)CC(O)(C1)CC(C(=O)O)(C2)C3. The molecule has 0 aromatic rings. The van der Waals surface area contributed by atoms with Gasteiger partial charge in [-0.2, -0.15) is 0 Å². The molecule has 0 heterocycles. The molecule has 3 heteroatoms. The summed E-state index contributed by atoms with van der Waals surface area (Å²) in [5.74, 6) is -0.732. The Hall–Kier alpha value is -0.570. The van der Waals surface area contributed by atoms with Crippen molar-refractivity contribution in [1.82, 2.24) is 0 Å². The third kappa shape index (κ3) is 1.21. The Morgan fingerprint density at radius 3 is 2.31 bits per heavy atom. The van der Waals surface area contributed by atoms with Gasteiger partial charge in [-0.05, 0) is 56.3 Å². The number of hydrogen-bond acceptors (Lipinski definition) is 2. The van der Waals surface area contributed by atoms with Gasteiger partial charge in [-0.25, -0.2) is 0 Å². The average Bonchev–Trinajstić information content (AvgIpc) is 1.92. The van der Waals surface area contributed by atoms with Gasteiger partial charge in [0, 0.05) is 0 Å². The first-order valence-corrected chi connectivity index (χ1v) is 6.00. The molecule has 4 saturated carbocycles. The minimum absolute atomic E-state index is 0.0242. The molecule has 16 heavy (non-hydrogen) atoms. The van der Waals surface area contributed by atoms with E-state index in [1.165, 1.54) is 0 Å². The summed E-state index contributed by atoms with van der Waals surface area (Å²) in [7, 11) is 0. The molecule has 4 fully saturated rings. The van der Waals surface area contributed by atoms with E-state index >= 15 is 0 Å². The van der Waals surface area contributed by atoms with Gasteiger partial charge in [0.25, 0.3) is 0 Å². The molecule has 4 rings (SSSR count). The predicted octanol–water partition coefficient (Wildman–Crippen LogP) is 2.00. The van der Waals surface area contributed by atoms with E-state index < -0.39 is 17.0 Å². The number of carboxylic acids is 1. The summed E-state index contributed by atoms with van der Waals surface area (Å²) in [6, 6.07) is 0. The van der Waals surface area contributed by atoms with E-state index in [0.29, 0.717) is 19.3 Å². The lowest BCUT2D eigenvalue weighted by Gasteiger charge is -2.66. The number of aliphatic carboxylic acids is 1.